The first-order valence-electron chi connectivity index (χ1n) is 4.08. The summed E-state index contributed by atoms with van der Waals surface area (Å²) < 4.78 is 4.55. The average molecular weight is 190 g/mol. The van der Waals surface area contributed by atoms with E-state index in [4.69, 9.17) is 0 Å². The summed E-state index contributed by atoms with van der Waals surface area (Å²) in [6.45, 7) is 0. The summed E-state index contributed by atoms with van der Waals surface area (Å²) in [7, 11) is 1.28. The van der Waals surface area contributed by atoms with Crippen LogP contribution in [0, 0.1) is 0 Å². The molecule has 0 saturated carbocycles. The van der Waals surface area contributed by atoms with E-state index in [1.54, 1.807) is 36.5 Å². The fraction of sp³-hybridized carbons (Fsp3) is 0.0909. The first-order chi connectivity index (χ1) is 6.79. The number of carbonyl (C=O) groups is 2. The Hall–Kier alpha value is -1.90. The van der Waals surface area contributed by atoms with Gasteiger partial charge in [-0.3, -0.25) is 4.79 Å². The number of hydrogen-bond donors (Lipinski definition) is 0. The summed E-state index contributed by atoms with van der Waals surface area (Å²) in [6, 6.07) is 0. The molecule has 0 aromatic heterocycles. The third-order valence-electron chi connectivity index (χ3n) is 1.72. The first kappa shape index (κ1) is 10.2. The maximum absolute atomic E-state index is 11.3. The van der Waals surface area contributed by atoms with E-state index in [1.165, 1.54) is 7.11 Å². The zero-order valence-corrected chi connectivity index (χ0v) is 7.77. The van der Waals surface area contributed by atoms with E-state index in [2.05, 4.69) is 4.74 Å². The second-order valence-electron chi connectivity index (χ2n) is 2.58. The van der Waals surface area contributed by atoms with E-state index in [1.807, 2.05) is 0 Å². The molecule has 3 heteroatoms. The highest BCUT2D eigenvalue weighted by Gasteiger charge is 2.10. The van der Waals surface area contributed by atoms with E-state index < -0.39 is 5.97 Å². The topological polar surface area (TPSA) is 43.4 Å². The SMILES string of the molecule is COC(=O)C1=C(C=O)C=CC=CC=C1. The van der Waals surface area contributed by atoms with Crippen molar-refractivity contribution in [3.63, 3.8) is 0 Å². The Balaban J connectivity index is 3.15. The molecule has 0 radical (unpaired) electrons. The number of allylic oxidation sites excluding steroid dienone is 6. The van der Waals surface area contributed by atoms with Crippen LogP contribution in [0.25, 0.3) is 0 Å². The number of aldehydes is 1. The van der Waals surface area contributed by atoms with Gasteiger partial charge in [-0.1, -0.05) is 30.4 Å². The van der Waals surface area contributed by atoms with Gasteiger partial charge in [0.2, 0.25) is 0 Å². The van der Waals surface area contributed by atoms with Gasteiger partial charge in [0.15, 0.2) is 6.29 Å². The lowest BCUT2D eigenvalue weighted by atomic mass is 10.1. The van der Waals surface area contributed by atoms with Crippen molar-refractivity contribution in [2.45, 2.75) is 0 Å². The number of ether oxygens (including phenoxy) is 1. The van der Waals surface area contributed by atoms with Crippen LogP contribution < -0.4 is 0 Å². The molecule has 0 aromatic rings. The van der Waals surface area contributed by atoms with Crippen molar-refractivity contribution in [2.75, 3.05) is 7.11 Å². The van der Waals surface area contributed by atoms with Gasteiger partial charge in [0.25, 0.3) is 0 Å². The van der Waals surface area contributed by atoms with Crippen LogP contribution in [0.5, 0.6) is 0 Å². The second kappa shape index (κ2) is 4.97. The van der Waals surface area contributed by atoms with Crippen molar-refractivity contribution >= 4 is 12.3 Å². The molecule has 3 nitrogen and oxygen atoms in total. The van der Waals surface area contributed by atoms with Gasteiger partial charge >= 0.3 is 5.97 Å². The number of esters is 1. The predicted octanol–water partition coefficient (Wildman–Crippen LogP) is 1.34. The van der Waals surface area contributed by atoms with Crippen molar-refractivity contribution in [3.05, 3.63) is 47.6 Å². The lowest BCUT2D eigenvalue weighted by Gasteiger charge is -2.02. The Bertz CT molecular complexity index is 357. The number of hydrogen-bond acceptors (Lipinski definition) is 3. The minimum absolute atomic E-state index is 0.267. The lowest BCUT2D eigenvalue weighted by Crippen LogP contribution is -2.06. The highest BCUT2D eigenvalue weighted by atomic mass is 16.5. The Morgan fingerprint density at radius 3 is 2.43 bits per heavy atom. The van der Waals surface area contributed by atoms with Crippen molar-refractivity contribution in [3.8, 4) is 0 Å². The van der Waals surface area contributed by atoms with Gasteiger partial charge in [-0.25, -0.2) is 4.79 Å². The van der Waals surface area contributed by atoms with Crippen LogP contribution in [0.1, 0.15) is 0 Å². The van der Waals surface area contributed by atoms with Gasteiger partial charge in [-0.2, -0.15) is 0 Å². The van der Waals surface area contributed by atoms with Crippen molar-refractivity contribution < 1.29 is 14.3 Å². The predicted molar refractivity (Wildman–Crippen MR) is 52.5 cm³/mol. The van der Waals surface area contributed by atoms with Crippen LogP contribution in [0.2, 0.25) is 0 Å². The molecular formula is C11H10O3. The smallest absolute Gasteiger partial charge is 0.338 e. The summed E-state index contributed by atoms with van der Waals surface area (Å²) in [5, 5.41) is 0. The molecule has 0 spiro atoms. The fourth-order valence-corrected chi connectivity index (χ4v) is 1.02. The largest absolute Gasteiger partial charge is 0.465 e. The summed E-state index contributed by atoms with van der Waals surface area (Å²) in [6.07, 6.45) is 10.7. The summed E-state index contributed by atoms with van der Waals surface area (Å²) >= 11 is 0. The van der Waals surface area contributed by atoms with E-state index in [9.17, 15) is 9.59 Å². The maximum atomic E-state index is 11.3. The molecule has 0 unspecified atom stereocenters. The summed E-state index contributed by atoms with van der Waals surface area (Å²) in [5.74, 6) is -0.511. The third-order valence-corrected chi connectivity index (χ3v) is 1.72. The zero-order valence-electron chi connectivity index (χ0n) is 7.77. The lowest BCUT2D eigenvalue weighted by molar-refractivity contribution is -0.135. The van der Waals surface area contributed by atoms with Gasteiger partial charge in [0.1, 0.15) is 0 Å². The first-order valence-corrected chi connectivity index (χ1v) is 4.08. The normalized spacial score (nSPS) is 14.9. The van der Waals surface area contributed by atoms with Crippen LogP contribution in [0.4, 0.5) is 0 Å². The molecule has 0 fully saturated rings. The molecule has 0 atom stereocenters. The van der Waals surface area contributed by atoms with Gasteiger partial charge in [0, 0.05) is 5.57 Å². The number of methoxy groups -OCH3 is 1. The van der Waals surface area contributed by atoms with Crippen LogP contribution in [0.15, 0.2) is 47.6 Å². The Morgan fingerprint density at radius 1 is 1.21 bits per heavy atom. The number of carbonyl (C=O) groups excluding carboxylic acids is 2. The molecule has 0 aliphatic heterocycles. The minimum atomic E-state index is -0.511. The highest BCUT2D eigenvalue weighted by Crippen LogP contribution is 2.10. The molecule has 0 N–H and O–H groups in total. The van der Waals surface area contributed by atoms with Crippen molar-refractivity contribution in [1.29, 1.82) is 0 Å². The Kier molecular flexibility index (Phi) is 3.61. The Labute approximate surface area is 82.1 Å². The van der Waals surface area contributed by atoms with Gasteiger partial charge in [0.05, 0.1) is 12.7 Å². The quantitative estimate of drug-likeness (QED) is 0.487. The average Bonchev–Trinajstić information content (AvgIpc) is 2.17. The Morgan fingerprint density at radius 2 is 1.86 bits per heavy atom. The van der Waals surface area contributed by atoms with E-state index in [0.29, 0.717) is 11.9 Å². The molecule has 14 heavy (non-hydrogen) atoms. The molecule has 0 bridgehead atoms. The van der Waals surface area contributed by atoms with E-state index in [-0.39, 0.29) is 5.57 Å². The van der Waals surface area contributed by atoms with Crippen LogP contribution in [0.3, 0.4) is 0 Å². The summed E-state index contributed by atoms with van der Waals surface area (Å²) in [5.41, 5.74) is 0.584. The zero-order chi connectivity index (χ0) is 10.4. The highest BCUT2D eigenvalue weighted by molar-refractivity contribution is 5.99. The molecule has 1 aliphatic carbocycles. The molecule has 0 amide bonds. The van der Waals surface area contributed by atoms with E-state index >= 15 is 0 Å². The van der Waals surface area contributed by atoms with E-state index in [0.717, 1.165) is 0 Å². The third kappa shape index (κ3) is 2.29. The monoisotopic (exact) mass is 190 g/mol. The maximum Gasteiger partial charge on any atom is 0.338 e. The van der Waals surface area contributed by atoms with Crippen molar-refractivity contribution in [2.24, 2.45) is 0 Å². The minimum Gasteiger partial charge on any atom is -0.465 e. The fourth-order valence-electron chi connectivity index (χ4n) is 1.02. The number of rotatable bonds is 2. The molecule has 1 aliphatic rings. The summed E-state index contributed by atoms with van der Waals surface area (Å²) in [4.78, 5) is 21.9. The van der Waals surface area contributed by atoms with Crippen LogP contribution in [-0.2, 0) is 14.3 Å². The molecule has 0 saturated heterocycles. The van der Waals surface area contributed by atoms with Gasteiger partial charge in [-0.05, 0) is 6.08 Å². The van der Waals surface area contributed by atoms with Crippen LogP contribution >= 0.6 is 0 Å². The van der Waals surface area contributed by atoms with Gasteiger partial charge in [-0.15, -0.1) is 0 Å². The molecule has 72 valence electrons. The molecule has 1 rings (SSSR count). The standard InChI is InChI=1S/C11H10O3/c1-14-11(13)10-7-5-3-2-4-6-9(10)8-12/h2-8H,1H3. The van der Waals surface area contributed by atoms with Gasteiger partial charge < -0.3 is 4.74 Å². The molecule has 0 heterocycles. The molecule has 0 aromatic carbocycles. The molecular weight excluding hydrogens is 180 g/mol. The van der Waals surface area contributed by atoms with Crippen LogP contribution in [-0.4, -0.2) is 19.4 Å². The second-order valence-corrected chi connectivity index (χ2v) is 2.58. The van der Waals surface area contributed by atoms with Crippen molar-refractivity contribution in [1.82, 2.24) is 0 Å².